The maximum atomic E-state index is 6.02. The summed E-state index contributed by atoms with van der Waals surface area (Å²) in [7, 11) is 0. The van der Waals surface area contributed by atoms with Crippen molar-refractivity contribution in [2.75, 3.05) is 23.9 Å². The standard InChI is InChI=1S/C13H20ClN3O/c1-2-9-18-12-6-7-15-13(16-12)17-8-4-3-5-11(17)10-14/h6-7,11H,2-5,8-10H2,1H3. The summed E-state index contributed by atoms with van der Waals surface area (Å²) in [5.74, 6) is 2.03. The van der Waals surface area contributed by atoms with Crippen LogP contribution in [0, 0.1) is 0 Å². The lowest BCUT2D eigenvalue weighted by Crippen LogP contribution is -2.41. The Morgan fingerprint density at radius 1 is 1.50 bits per heavy atom. The molecule has 0 radical (unpaired) electrons. The second-order valence-corrected chi connectivity index (χ2v) is 4.85. The summed E-state index contributed by atoms with van der Waals surface area (Å²) in [5, 5.41) is 0. The summed E-state index contributed by atoms with van der Waals surface area (Å²) in [4.78, 5) is 11.0. The van der Waals surface area contributed by atoms with Crippen molar-refractivity contribution in [1.82, 2.24) is 9.97 Å². The second kappa shape index (κ2) is 6.78. The highest BCUT2D eigenvalue weighted by molar-refractivity contribution is 6.18. The number of halogens is 1. The molecule has 1 saturated heterocycles. The molecule has 0 aromatic carbocycles. The molecule has 1 aromatic heterocycles. The Morgan fingerprint density at radius 3 is 3.17 bits per heavy atom. The summed E-state index contributed by atoms with van der Waals surface area (Å²) < 4.78 is 5.54. The first-order valence-electron chi connectivity index (χ1n) is 6.63. The summed E-state index contributed by atoms with van der Waals surface area (Å²) >= 11 is 6.02. The number of aromatic nitrogens is 2. The number of rotatable bonds is 5. The van der Waals surface area contributed by atoms with Crippen LogP contribution in [0.1, 0.15) is 32.6 Å². The van der Waals surface area contributed by atoms with Crippen LogP contribution in [0.2, 0.25) is 0 Å². The molecule has 0 N–H and O–H groups in total. The minimum Gasteiger partial charge on any atom is -0.478 e. The van der Waals surface area contributed by atoms with Crippen molar-refractivity contribution >= 4 is 17.5 Å². The molecule has 0 saturated carbocycles. The van der Waals surface area contributed by atoms with Crippen molar-refractivity contribution in [1.29, 1.82) is 0 Å². The molecule has 4 nitrogen and oxygen atoms in total. The highest BCUT2D eigenvalue weighted by atomic mass is 35.5. The predicted octanol–water partition coefficient (Wildman–Crippen LogP) is 2.86. The SMILES string of the molecule is CCCOc1ccnc(N2CCCCC2CCl)n1. The Kier molecular flexibility index (Phi) is 5.05. The number of alkyl halides is 1. The van der Waals surface area contributed by atoms with E-state index in [1.165, 1.54) is 12.8 Å². The van der Waals surface area contributed by atoms with Crippen molar-refractivity contribution in [2.24, 2.45) is 0 Å². The smallest absolute Gasteiger partial charge is 0.228 e. The van der Waals surface area contributed by atoms with E-state index in [1.54, 1.807) is 12.3 Å². The van der Waals surface area contributed by atoms with Crippen molar-refractivity contribution < 1.29 is 4.74 Å². The van der Waals surface area contributed by atoms with Crippen LogP contribution in [0.5, 0.6) is 5.88 Å². The van der Waals surface area contributed by atoms with Crippen molar-refractivity contribution in [3.05, 3.63) is 12.3 Å². The molecule has 0 bridgehead atoms. The first-order chi connectivity index (χ1) is 8.85. The maximum absolute atomic E-state index is 6.02. The summed E-state index contributed by atoms with van der Waals surface area (Å²) in [6.07, 6.45) is 6.27. The molecule has 2 heterocycles. The van der Waals surface area contributed by atoms with Gasteiger partial charge in [-0.25, -0.2) is 4.98 Å². The molecule has 1 fully saturated rings. The topological polar surface area (TPSA) is 38.2 Å². The van der Waals surface area contributed by atoms with Crippen LogP contribution in [0.25, 0.3) is 0 Å². The highest BCUT2D eigenvalue weighted by Crippen LogP contribution is 2.23. The van der Waals surface area contributed by atoms with Gasteiger partial charge in [0.2, 0.25) is 11.8 Å². The minimum absolute atomic E-state index is 0.349. The van der Waals surface area contributed by atoms with Gasteiger partial charge in [-0.1, -0.05) is 6.92 Å². The Bertz CT molecular complexity index is 375. The third-order valence-electron chi connectivity index (χ3n) is 3.13. The lowest BCUT2D eigenvalue weighted by atomic mass is 10.0. The molecule has 1 atom stereocenters. The van der Waals surface area contributed by atoms with E-state index >= 15 is 0 Å². The summed E-state index contributed by atoms with van der Waals surface area (Å²) in [6, 6.07) is 2.15. The van der Waals surface area contributed by atoms with E-state index < -0.39 is 0 Å². The Hall–Kier alpha value is -1.03. The zero-order chi connectivity index (χ0) is 12.8. The normalized spacial score (nSPS) is 19.9. The van der Waals surface area contributed by atoms with Crippen LogP contribution in [0.3, 0.4) is 0 Å². The van der Waals surface area contributed by atoms with E-state index in [0.717, 1.165) is 25.3 Å². The number of anilines is 1. The Labute approximate surface area is 113 Å². The predicted molar refractivity (Wildman–Crippen MR) is 73.5 cm³/mol. The molecule has 100 valence electrons. The van der Waals surface area contributed by atoms with Gasteiger partial charge in [0.1, 0.15) is 0 Å². The van der Waals surface area contributed by atoms with E-state index in [1.807, 2.05) is 0 Å². The number of nitrogens with zero attached hydrogens (tertiary/aromatic N) is 3. The maximum Gasteiger partial charge on any atom is 0.228 e. The van der Waals surface area contributed by atoms with Gasteiger partial charge in [0.25, 0.3) is 0 Å². The van der Waals surface area contributed by atoms with Crippen LogP contribution in [0.15, 0.2) is 12.3 Å². The van der Waals surface area contributed by atoms with Crippen LogP contribution >= 0.6 is 11.6 Å². The van der Waals surface area contributed by atoms with Gasteiger partial charge in [-0.05, 0) is 25.7 Å². The van der Waals surface area contributed by atoms with E-state index in [0.29, 0.717) is 24.4 Å². The highest BCUT2D eigenvalue weighted by Gasteiger charge is 2.23. The molecule has 2 rings (SSSR count). The molecular weight excluding hydrogens is 250 g/mol. The zero-order valence-corrected chi connectivity index (χ0v) is 11.6. The number of hydrogen-bond acceptors (Lipinski definition) is 4. The quantitative estimate of drug-likeness (QED) is 0.771. The third-order valence-corrected chi connectivity index (χ3v) is 3.49. The molecule has 0 aliphatic carbocycles. The van der Waals surface area contributed by atoms with Crippen molar-refractivity contribution in [3.63, 3.8) is 0 Å². The fourth-order valence-corrected chi connectivity index (χ4v) is 2.50. The molecule has 1 aliphatic heterocycles. The molecule has 0 amide bonds. The van der Waals surface area contributed by atoms with Gasteiger partial charge in [0.15, 0.2) is 0 Å². The Morgan fingerprint density at radius 2 is 2.39 bits per heavy atom. The van der Waals surface area contributed by atoms with Crippen LogP contribution in [-0.2, 0) is 0 Å². The molecule has 1 unspecified atom stereocenters. The van der Waals surface area contributed by atoms with Gasteiger partial charge >= 0.3 is 0 Å². The molecule has 18 heavy (non-hydrogen) atoms. The first-order valence-corrected chi connectivity index (χ1v) is 7.17. The largest absolute Gasteiger partial charge is 0.478 e. The van der Waals surface area contributed by atoms with Crippen LogP contribution in [0.4, 0.5) is 5.95 Å². The van der Waals surface area contributed by atoms with Crippen LogP contribution in [-0.4, -0.2) is 35.0 Å². The first kappa shape index (κ1) is 13.4. The zero-order valence-electron chi connectivity index (χ0n) is 10.8. The lowest BCUT2D eigenvalue weighted by Gasteiger charge is -2.34. The monoisotopic (exact) mass is 269 g/mol. The lowest BCUT2D eigenvalue weighted by molar-refractivity contribution is 0.304. The van der Waals surface area contributed by atoms with Gasteiger partial charge in [-0.3, -0.25) is 0 Å². The average molecular weight is 270 g/mol. The molecule has 0 spiro atoms. The number of ether oxygens (including phenoxy) is 1. The van der Waals surface area contributed by atoms with Gasteiger partial charge in [0, 0.05) is 30.7 Å². The van der Waals surface area contributed by atoms with E-state index in [-0.39, 0.29) is 0 Å². The van der Waals surface area contributed by atoms with E-state index in [9.17, 15) is 0 Å². The molecule has 1 aromatic rings. The van der Waals surface area contributed by atoms with Crippen LogP contribution < -0.4 is 9.64 Å². The van der Waals surface area contributed by atoms with Gasteiger partial charge in [-0.2, -0.15) is 4.98 Å². The fraction of sp³-hybridized carbons (Fsp3) is 0.692. The molecular formula is C13H20ClN3O. The summed E-state index contributed by atoms with van der Waals surface area (Å²) in [6.45, 7) is 3.75. The van der Waals surface area contributed by atoms with Crippen molar-refractivity contribution in [3.8, 4) is 5.88 Å². The minimum atomic E-state index is 0.349. The average Bonchev–Trinajstić information content (AvgIpc) is 2.45. The number of piperidine rings is 1. The van der Waals surface area contributed by atoms with Gasteiger partial charge in [-0.15, -0.1) is 11.6 Å². The molecule has 5 heteroatoms. The van der Waals surface area contributed by atoms with E-state index in [4.69, 9.17) is 16.3 Å². The van der Waals surface area contributed by atoms with Gasteiger partial charge < -0.3 is 9.64 Å². The number of hydrogen-bond donors (Lipinski definition) is 0. The Balaban J connectivity index is 2.10. The summed E-state index contributed by atoms with van der Waals surface area (Å²) in [5.41, 5.74) is 0. The second-order valence-electron chi connectivity index (χ2n) is 4.54. The fourth-order valence-electron chi connectivity index (χ4n) is 2.18. The van der Waals surface area contributed by atoms with Gasteiger partial charge in [0.05, 0.1) is 6.61 Å². The molecule has 1 aliphatic rings. The van der Waals surface area contributed by atoms with E-state index in [2.05, 4.69) is 21.8 Å². The third kappa shape index (κ3) is 3.25. The van der Waals surface area contributed by atoms with Crippen molar-refractivity contribution in [2.45, 2.75) is 38.6 Å².